The second kappa shape index (κ2) is 39.3. The van der Waals surface area contributed by atoms with Gasteiger partial charge in [-0.05, 0) is 68.2 Å². The number of hydroxylamine groups is 2. The lowest BCUT2D eigenvalue weighted by atomic mass is 9.92. The Balaban J connectivity index is 0.836. The van der Waals surface area contributed by atoms with Crippen molar-refractivity contribution in [1.82, 2.24) is 9.96 Å². The third-order valence-electron chi connectivity index (χ3n) is 11.5. The molecule has 0 saturated carbocycles. The predicted octanol–water partition coefficient (Wildman–Crippen LogP) is 5.23. The molecule has 1 fully saturated rings. The van der Waals surface area contributed by atoms with E-state index in [2.05, 4.69) is 15.8 Å². The summed E-state index contributed by atoms with van der Waals surface area (Å²) >= 11 is -1.95. The van der Waals surface area contributed by atoms with E-state index in [9.17, 15) is 40.7 Å². The van der Waals surface area contributed by atoms with Crippen LogP contribution in [-0.2, 0) is 84.1 Å². The number of nitrogens with zero attached hydrogens (tertiary/aromatic N) is 3. The molecule has 2 aromatic rings. The number of amides is 2. The van der Waals surface area contributed by atoms with E-state index in [4.69, 9.17) is 57.9 Å². The first-order chi connectivity index (χ1) is 37.8. The number of aliphatic imine (C=N–C) groups is 1. The molecule has 78 heavy (non-hydrogen) atoms. The Kier molecular flexibility index (Phi) is 33.5. The quantitative estimate of drug-likeness (QED) is 0.0170. The van der Waals surface area contributed by atoms with E-state index in [1.807, 2.05) is 24.8 Å². The molecule has 2 aliphatic heterocycles. The number of amidine groups is 1. The lowest BCUT2D eigenvalue weighted by Gasteiger charge is -2.32. The molecule has 1 aromatic heterocycles. The molecule has 2 N–H and O–H groups in total. The monoisotopic (exact) mass is 1160 g/mol. The number of hydrogen-bond donors (Lipinski definition) is 1. The Bertz CT molecular complexity index is 2150. The lowest BCUT2D eigenvalue weighted by Crippen LogP contribution is -2.39. The Morgan fingerprint density at radius 2 is 1.15 bits per heavy atom. The average Bonchev–Trinajstić information content (AvgIpc) is 3.76. The van der Waals surface area contributed by atoms with Crippen molar-refractivity contribution >= 4 is 57.8 Å². The zero-order chi connectivity index (χ0) is 56.3. The van der Waals surface area contributed by atoms with Crippen LogP contribution in [0, 0.1) is 29.2 Å². The number of esters is 1. The molecule has 1 saturated heterocycles. The van der Waals surface area contributed by atoms with Gasteiger partial charge in [-0.25, -0.2) is 18.8 Å². The molecule has 1 atom stereocenters. The first-order valence-corrected chi connectivity index (χ1v) is 28.1. The topological polar surface area (TPSA) is 247 Å². The number of halogens is 4. The van der Waals surface area contributed by atoms with Crippen LogP contribution in [0.2, 0.25) is 0 Å². The number of thiophene rings is 1. The highest BCUT2D eigenvalue weighted by Crippen LogP contribution is 2.37. The van der Waals surface area contributed by atoms with Gasteiger partial charge in [0.25, 0.3) is 5.91 Å². The highest BCUT2D eigenvalue weighted by Gasteiger charge is 2.29. The first kappa shape index (κ1) is 66.4. The van der Waals surface area contributed by atoms with Crippen molar-refractivity contribution in [2.24, 2.45) is 16.6 Å². The van der Waals surface area contributed by atoms with Gasteiger partial charge in [0.1, 0.15) is 10.7 Å². The van der Waals surface area contributed by atoms with Crippen molar-refractivity contribution in [2.45, 2.75) is 70.1 Å². The zero-order valence-corrected chi connectivity index (χ0v) is 46.2. The van der Waals surface area contributed by atoms with Crippen LogP contribution in [0.25, 0.3) is 6.08 Å². The second-order valence-electron chi connectivity index (χ2n) is 17.3. The molecule has 2 aliphatic rings. The lowest BCUT2D eigenvalue weighted by molar-refractivity contribution is -0.180. The van der Waals surface area contributed by atoms with Gasteiger partial charge in [-0.3, -0.25) is 23.4 Å². The molecule has 0 bridgehead atoms. The van der Waals surface area contributed by atoms with Crippen molar-refractivity contribution in [3.8, 4) is 5.75 Å². The summed E-state index contributed by atoms with van der Waals surface area (Å²) in [6, 6.07) is 2.08. The number of carbonyl (C=O) groups is 3. The molecule has 1 unspecified atom stereocenters. The number of benzene rings is 1. The van der Waals surface area contributed by atoms with Crippen LogP contribution in [-0.4, -0.2) is 201 Å². The maximum absolute atomic E-state index is 13.9. The van der Waals surface area contributed by atoms with Crippen molar-refractivity contribution < 1.29 is 97.7 Å². The summed E-state index contributed by atoms with van der Waals surface area (Å²) in [5.74, 6) is -10.8. The van der Waals surface area contributed by atoms with Crippen LogP contribution in [0.1, 0.15) is 68.5 Å². The second-order valence-corrected chi connectivity index (χ2v) is 19.4. The van der Waals surface area contributed by atoms with Gasteiger partial charge in [-0.1, -0.05) is 6.92 Å². The number of fused-ring (bicyclic) bond motifs is 1. The van der Waals surface area contributed by atoms with Crippen LogP contribution in [0.4, 0.5) is 23.2 Å². The molecule has 0 radical (unpaired) electrons. The fourth-order valence-electron chi connectivity index (χ4n) is 7.60. The summed E-state index contributed by atoms with van der Waals surface area (Å²) < 4.78 is 136. The van der Waals surface area contributed by atoms with E-state index >= 15 is 0 Å². The largest absolute Gasteiger partial charge is 0.768 e. The summed E-state index contributed by atoms with van der Waals surface area (Å²) in [6.07, 6.45) is 6.64. The standard InChI is InChI=1S/C51H76F4N4O17S2/c1-3-11-59(75-4-2)51(62)38-34-41-40(57-42(56)35-38)36-39(77-41)6-5-37-7-12-58(13-8-37)43(60)9-14-65-16-18-67-20-22-69-24-26-71-28-30-73-32-33-74-31-29-72-27-25-70-23-21-68-19-17-66-15-10-44(61)76-49-45(52)47(54)50(78(63)64)48(55)46(49)53/h34,36-37H,3-33,35H2,1-2H3,(H2,56,57)(H,63,64)/p-1. The van der Waals surface area contributed by atoms with Gasteiger partial charge in [0.05, 0.1) is 162 Å². The van der Waals surface area contributed by atoms with Gasteiger partial charge in [-0.2, -0.15) is 8.78 Å². The van der Waals surface area contributed by atoms with Gasteiger partial charge in [-0.15, -0.1) is 11.3 Å². The molecule has 21 nitrogen and oxygen atoms in total. The number of rotatable bonds is 43. The van der Waals surface area contributed by atoms with E-state index in [0.29, 0.717) is 136 Å². The molecule has 2 amide bonds. The van der Waals surface area contributed by atoms with Gasteiger partial charge >= 0.3 is 5.97 Å². The normalized spacial score (nSPS) is 14.3. The summed E-state index contributed by atoms with van der Waals surface area (Å²) in [4.78, 5) is 50.3. The summed E-state index contributed by atoms with van der Waals surface area (Å²) in [6.45, 7) is 12.6. The minimum atomic E-state index is -3.61. The average molecular weight is 1160 g/mol. The third kappa shape index (κ3) is 25.2. The molecule has 1 aromatic carbocycles. The molecule has 4 rings (SSSR count). The maximum Gasteiger partial charge on any atom is 0.313 e. The van der Waals surface area contributed by atoms with Crippen LogP contribution in [0.3, 0.4) is 0 Å². The molecular weight excluding hydrogens is 1080 g/mol. The molecule has 3 heterocycles. The van der Waals surface area contributed by atoms with Crippen LogP contribution < -0.4 is 10.5 Å². The van der Waals surface area contributed by atoms with Crippen LogP contribution >= 0.6 is 11.3 Å². The fraction of sp³-hybridized carbons (Fsp3) is 0.686. The zero-order valence-electron chi connectivity index (χ0n) is 44.5. The third-order valence-corrected chi connectivity index (χ3v) is 13.4. The van der Waals surface area contributed by atoms with Crippen molar-refractivity contribution in [3.05, 3.63) is 44.7 Å². The van der Waals surface area contributed by atoms with E-state index in [-0.39, 0.29) is 51.3 Å². The van der Waals surface area contributed by atoms with E-state index < -0.39 is 57.4 Å². The highest BCUT2D eigenvalue weighted by molar-refractivity contribution is 7.79. The molecule has 0 aliphatic carbocycles. The van der Waals surface area contributed by atoms with E-state index in [0.717, 1.165) is 55.8 Å². The number of aryl methyl sites for hydroxylation is 1. The molecule has 0 spiro atoms. The minimum absolute atomic E-state index is 0.0489. The van der Waals surface area contributed by atoms with E-state index in [1.165, 1.54) is 9.94 Å². The smallest absolute Gasteiger partial charge is 0.313 e. The first-order valence-electron chi connectivity index (χ1n) is 26.2. The van der Waals surface area contributed by atoms with Gasteiger partial charge in [0.2, 0.25) is 23.3 Å². The van der Waals surface area contributed by atoms with E-state index in [1.54, 1.807) is 11.3 Å². The van der Waals surface area contributed by atoms with Crippen molar-refractivity contribution in [1.29, 1.82) is 0 Å². The predicted molar refractivity (Wildman–Crippen MR) is 276 cm³/mol. The molecular formula is C51H75F4N4O17S2-. The number of hydrogen-bond acceptors (Lipinski definition) is 20. The number of nitrogens with two attached hydrogens (primary N) is 1. The van der Waals surface area contributed by atoms with Crippen molar-refractivity contribution in [2.75, 3.05) is 158 Å². The Hall–Kier alpha value is -4.07. The van der Waals surface area contributed by atoms with Crippen molar-refractivity contribution in [3.63, 3.8) is 0 Å². The summed E-state index contributed by atoms with van der Waals surface area (Å²) in [5, 5.41) is 1.42. The van der Waals surface area contributed by atoms with Crippen LogP contribution in [0.5, 0.6) is 5.75 Å². The maximum atomic E-state index is 13.9. The molecule has 442 valence electrons. The number of piperidine rings is 1. The molecule has 27 heteroatoms. The van der Waals surface area contributed by atoms with Gasteiger partial charge in [0.15, 0.2) is 11.6 Å². The fourth-order valence-corrected chi connectivity index (χ4v) is 9.16. The number of ether oxygens (including phenoxy) is 11. The minimum Gasteiger partial charge on any atom is -0.768 e. The Morgan fingerprint density at radius 3 is 1.59 bits per heavy atom. The Labute approximate surface area is 459 Å². The Morgan fingerprint density at radius 1 is 0.705 bits per heavy atom. The number of carbonyl (C=O) groups excluding carboxylic acids is 3. The van der Waals surface area contributed by atoms with Gasteiger partial charge < -0.3 is 67.3 Å². The SMILES string of the molecule is CCCN(OCC)C(=O)C1=Cc2sc(CCC3CCN(C(=O)CCOCCOCCOCCOCCOCCOCCOCCOCCOCCOCCC(=O)Oc4c(F)c(F)c(S(=O)[O-])c(F)c4F)CC3)cc2N=C(N)C1. The summed E-state index contributed by atoms with van der Waals surface area (Å²) in [5.41, 5.74) is 7.60. The van der Waals surface area contributed by atoms with Gasteiger partial charge in [0, 0.05) is 36.5 Å². The number of likely N-dealkylation sites (tertiary alicyclic amines) is 1. The summed E-state index contributed by atoms with van der Waals surface area (Å²) in [7, 11) is 0. The highest BCUT2D eigenvalue weighted by atomic mass is 32.2. The van der Waals surface area contributed by atoms with Crippen LogP contribution in [0.15, 0.2) is 21.5 Å².